The fraction of sp³-hybridized carbons (Fsp3) is 0.846. The molecule has 0 spiro atoms. The summed E-state index contributed by atoms with van der Waals surface area (Å²) >= 11 is 0. The molecule has 1 saturated carbocycles. The van der Waals surface area contributed by atoms with Gasteiger partial charge in [-0.25, -0.2) is 0 Å². The summed E-state index contributed by atoms with van der Waals surface area (Å²) in [6, 6.07) is -0.112. The highest BCUT2D eigenvalue weighted by molar-refractivity contribution is 4.95. The van der Waals surface area contributed by atoms with E-state index < -0.39 is 0 Å². The average Bonchev–Trinajstić information content (AvgIpc) is 2.77. The Morgan fingerprint density at radius 1 is 1.29 bits per heavy atom. The van der Waals surface area contributed by atoms with Crippen LogP contribution in [0, 0.1) is 11.8 Å². The second kappa shape index (κ2) is 5.63. The van der Waals surface area contributed by atoms with Gasteiger partial charge in [-0.1, -0.05) is 38.3 Å². The van der Waals surface area contributed by atoms with Crippen molar-refractivity contribution in [2.45, 2.75) is 58.4 Å². The van der Waals surface area contributed by atoms with Crippen molar-refractivity contribution in [2.24, 2.45) is 17.6 Å². The Labute approximate surface area is 103 Å². The molecular weight excluding hydrogens is 214 g/mol. The molecule has 0 amide bonds. The van der Waals surface area contributed by atoms with E-state index in [0.29, 0.717) is 11.7 Å². The van der Waals surface area contributed by atoms with Crippen LogP contribution in [0.3, 0.4) is 0 Å². The summed E-state index contributed by atoms with van der Waals surface area (Å²) in [7, 11) is 0. The Bertz CT molecular complexity index is 342. The van der Waals surface area contributed by atoms with Gasteiger partial charge in [0.2, 0.25) is 5.89 Å². The number of rotatable bonds is 4. The smallest absolute Gasteiger partial charge is 0.226 e. The summed E-state index contributed by atoms with van der Waals surface area (Å²) in [6.45, 7) is 4.14. The molecule has 4 heteroatoms. The molecule has 2 rings (SSSR count). The summed E-state index contributed by atoms with van der Waals surface area (Å²) in [5.74, 6) is 2.50. The van der Waals surface area contributed by atoms with Crippen molar-refractivity contribution >= 4 is 0 Å². The van der Waals surface area contributed by atoms with Crippen LogP contribution in [-0.2, 0) is 6.42 Å². The molecule has 0 aliphatic heterocycles. The van der Waals surface area contributed by atoms with Gasteiger partial charge in [0.1, 0.15) is 0 Å². The SMILES string of the molecule is CC(C)C(N)c1noc(CC2CCCCC2)n1. The number of aromatic nitrogens is 2. The third-order valence-electron chi connectivity index (χ3n) is 3.69. The van der Waals surface area contributed by atoms with E-state index in [9.17, 15) is 0 Å². The lowest BCUT2D eigenvalue weighted by Crippen LogP contribution is -2.18. The molecule has 1 aromatic rings. The van der Waals surface area contributed by atoms with Crippen LogP contribution in [0.4, 0.5) is 0 Å². The Balaban J connectivity index is 1.93. The van der Waals surface area contributed by atoms with Crippen molar-refractivity contribution in [2.75, 3.05) is 0 Å². The minimum Gasteiger partial charge on any atom is -0.339 e. The van der Waals surface area contributed by atoms with Crippen LogP contribution in [0.25, 0.3) is 0 Å². The second-order valence-corrected chi connectivity index (χ2v) is 5.52. The molecule has 1 aliphatic rings. The van der Waals surface area contributed by atoms with E-state index in [1.54, 1.807) is 0 Å². The van der Waals surface area contributed by atoms with E-state index >= 15 is 0 Å². The Hall–Kier alpha value is -0.900. The van der Waals surface area contributed by atoms with Crippen LogP contribution < -0.4 is 5.73 Å². The topological polar surface area (TPSA) is 64.9 Å². The molecule has 4 nitrogen and oxygen atoms in total. The van der Waals surface area contributed by atoms with E-state index in [0.717, 1.165) is 18.2 Å². The van der Waals surface area contributed by atoms with Crippen molar-refractivity contribution in [3.8, 4) is 0 Å². The maximum absolute atomic E-state index is 6.00. The normalized spacial score (nSPS) is 19.8. The second-order valence-electron chi connectivity index (χ2n) is 5.52. The zero-order valence-corrected chi connectivity index (χ0v) is 10.9. The van der Waals surface area contributed by atoms with E-state index in [-0.39, 0.29) is 6.04 Å². The average molecular weight is 237 g/mol. The molecule has 0 radical (unpaired) electrons. The predicted molar refractivity (Wildman–Crippen MR) is 66.3 cm³/mol. The van der Waals surface area contributed by atoms with Crippen molar-refractivity contribution < 1.29 is 4.52 Å². The molecule has 2 N–H and O–H groups in total. The van der Waals surface area contributed by atoms with Crippen LogP contribution in [-0.4, -0.2) is 10.1 Å². The van der Waals surface area contributed by atoms with Gasteiger partial charge in [-0.15, -0.1) is 0 Å². The van der Waals surface area contributed by atoms with Gasteiger partial charge in [0.05, 0.1) is 6.04 Å². The largest absolute Gasteiger partial charge is 0.339 e. The highest BCUT2D eigenvalue weighted by Crippen LogP contribution is 2.26. The van der Waals surface area contributed by atoms with Crippen LogP contribution >= 0.6 is 0 Å². The zero-order chi connectivity index (χ0) is 12.3. The molecule has 96 valence electrons. The van der Waals surface area contributed by atoms with Crippen molar-refractivity contribution in [1.82, 2.24) is 10.1 Å². The van der Waals surface area contributed by atoms with E-state index in [2.05, 4.69) is 24.0 Å². The van der Waals surface area contributed by atoms with Crippen LogP contribution in [0.15, 0.2) is 4.52 Å². The number of hydrogen-bond donors (Lipinski definition) is 1. The summed E-state index contributed by atoms with van der Waals surface area (Å²) < 4.78 is 5.30. The Kier molecular flexibility index (Phi) is 4.15. The molecule has 0 saturated heterocycles. The molecular formula is C13H23N3O. The lowest BCUT2D eigenvalue weighted by atomic mass is 9.87. The summed E-state index contributed by atoms with van der Waals surface area (Å²) in [5, 5.41) is 3.99. The van der Waals surface area contributed by atoms with Gasteiger partial charge in [-0.2, -0.15) is 4.98 Å². The Morgan fingerprint density at radius 2 is 2.00 bits per heavy atom. The van der Waals surface area contributed by atoms with E-state index in [1.165, 1.54) is 32.1 Å². The van der Waals surface area contributed by atoms with Crippen LogP contribution in [0.5, 0.6) is 0 Å². The third kappa shape index (κ3) is 3.28. The summed E-state index contributed by atoms with van der Waals surface area (Å²) in [4.78, 5) is 4.42. The van der Waals surface area contributed by atoms with Crippen molar-refractivity contribution in [1.29, 1.82) is 0 Å². The predicted octanol–water partition coefficient (Wildman–Crippen LogP) is 2.85. The van der Waals surface area contributed by atoms with Crippen LogP contribution in [0.1, 0.15) is 63.7 Å². The first kappa shape index (κ1) is 12.6. The molecule has 1 fully saturated rings. The van der Waals surface area contributed by atoms with Crippen molar-refractivity contribution in [3.05, 3.63) is 11.7 Å². The minimum absolute atomic E-state index is 0.112. The van der Waals surface area contributed by atoms with Gasteiger partial charge in [0.25, 0.3) is 0 Å². The first-order valence-corrected chi connectivity index (χ1v) is 6.75. The zero-order valence-electron chi connectivity index (χ0n) is 10.9. The van der Waals surface area contributed by atoms with E-state index in [1.807, 2.05) is 0 Å². The first-order valence-electron chi connectivity index (χ1n) is 6.75. The van der Waals surface area contributed by atoms with Gasteiger partial charge in [-0.3, -0.25) is 0 Å². The number of hydrogen-bond acceptors (Lipinski definition) is 4. The molecule has 0 aromatic carbocycles. The number of nitrogens with zero attached hydrogens (tertiary/aromatic N) is 2. The van der Waals surface area contributed by atoms with Gasteiger partial charge < -0.3 is 10.3 Å². The molecule has 1 heterocycles. The first-order chi connectivity index (χ1) is 8.16. The van der Waals surface area contributed by atoms with Crippen LogP contribution in [0.2, 0.25) is 0 Å². The molecule has 1 atom stereocenters. The van der Waals surface area contributed by atoms with Gasteiger partial charge in [0, 0.05) is 6.42 Å². The molecule has 17 heavy (non-hydrogen) atoms. The van der Waals surface area contributed by atoms with E-state index in [4.69, 9.17) is 10.3 Å². The lowest BCUT2D eigenvalue weighted by Gasteiger charge is -2.19. The molecule has 0 bridgehead atoms. The van der Waals surface area contributed by atoms with Gasteiger partial charge >= 0.3 is 0 Å². The highest BCUT2D eigenvalue weighted by atomic mass is 16.5. The summed E-state index contributed by atoms with van der Waals surface area (Å²) in [5.41, 5.74) is 6.00. The Morgan fingerprint density at radius 3 is 2.65 bits per heavy atom. The van der Waals surface area contributed by atoms with Gasteiger partial charge in [-0.05, 0) is 24.7 Å². The fourth-order valence-corrected chi connectivity index (χ4v) is 2.42. The quantitative estimate of drug-likeness (QED) is 0.874. The monoisotopic (exact) mass is 237 g/mol. The standard InChI is InChI=1S/C13H23N3O/c1-9(2)12(14)13-15-11(17-16-13)8-10-6-4-3-5-7-10/h9-10,12H,3-8,14H2,1-2H3. The maximum atomic E-state index is 6.00. The highest BCUT2D eigenvalue weighted by Gasteiger charge is 2.20. The lowest BCUT2D eigenvalue weighted by molar-refractivity contribution is 0.302. The van der Waals surface area contributed by atoms with Crippen molar-refractivity contribution in [3.63, 3.8) is 0 Å². The van der Waals surface area contributed by atoms with Gasteiger partial charge in [0.15, 0.2) is 5.82 Å². The minimum atomic E-state index is -0.112. The maximum Gasteiger partial charge on any atom is 0.226 e. The molecule has 1 aliphatic carbocycles. The number of nitrogens with two attached hydrogens (primary N) is 1. The third-order valence-corrected chi connectivity index (χ3v) is 3.69. The summed E-state index contributed by atoms with van der Waals surface area (Å²) in [6.07, 6.45) is 7.60. The fourth-order valence-electron chi connectivity index (χ4n) is 2.42. The molecule has 1 unspecified atom stereocenters. The molecule has 1 aromatic heterocycles.